The highest BCUT2D eigenvalue weighted by Gasteiger charge is 2.47. The van der Waals surface area contributed by atoms with E-state index in [1.807, 2.05) is 29.2 Å². The van der Waals surface area contributed by atoms with Gasteiger partial charge in [0.05, 0.1) is 12.6 Å². The number of hydrogen-bond acceptors (Lipinski definition) is 4. The van der Waals surface area contributed by atoms with Gasteiger partial charge in [-0.05, 0) is 49.9 Å². The van der Waals surface area contributed by atoms with E-state index in [0.717, 1.165) is 24.8 Å². The van der Waals surface area contributed by atoms with E-state index in [2.05, 4.69) is 0 Å². The summed E-state index contributed by atoms with van der Waals surface area (Å²) in [5, 5.41) is 10.3. The first kappa shape index (κ1) is 15.5. The van der Waals surface area contributed by atoms with Crippen molar-refractivity contribution in [1.29, 1.82) is 0 Å². The van der Waals surface area contributed by atoms with Crippen LogP contribution in [0.5, 0.6) is 0 Å². The number of benzene rings is 1. The molecular formula is C17H24N2O3. The van der Waals surface area contributed by atoms with Crippen LogP contribution in [0.1, 0.15) is 35.2 Å². The molecule has 3 N–H and O–H groups in total. The predicted molar refractivity (Wildman–Crippen MR) is 83.6 cm³/mol. The molecule has 3 rings (SSSR count). The summed E-state index contributed by atoms with van der Waals surface area (Å²) < 4.78 is 5.80. The Bertz CT molecular complexity index is 523. The van der Waals surface area contributed by atoms with Crippen molar-refractivity contribution in [1.82, 2.24) is 4.90 Å². The Morgan fingerprint density at radius 3 is 2.82 bits per heavy atom. The lowest BCUT2D eigenvalue weighted by Crippen LogP contribution is -2.57. The third-order valence-electron chi connectivity index (χ3n) is 4.79. The fraction of sp³-hybridized carbons (Fsp3) is 0.588. The van der Waals surface area contributed by atoms with Gasteiger partial charge < -0.3 is 20.5 Å². The number of amides is 1. The predicted octanol–water partition coefficient (Wildman–Crippen LogP) is 0.944. The summed E-state index contributed by atoms with van der Waals surface area (Å²) in [6, 6.07) is 7.64. The smallest absolute Gasteiger partial charge is 0.253 e. The number of nitrogens with zero attached hydrogens (tertiary/aromatic N) is 1. The molecule has 1 aromatic carbocycles. The molecule has 2 aliphatic rings. The molecule has 0 bridgehead atoms. The SMILES string of the molecule is NCCc1ccc(C(=O)N2CC[C@H](O)[C@]3(CCCO3)C2)cc1. The van der Waals surface area contributed by atoms with Gasteiger partial charge in [0, 0.05) is 18.7 Å². The fourth-order valence-corrected chi connectivity index (χ4v) is 3.49. The molecule has 0 saturated carbocycles. The lowest BCUT2D eigenvalue weighted by molar-refractivity contribution is -0.124. The minimum absolute atomic E-state index is 0.0149. The summed E-state index contributed by atoms with van der Waals surface area (Å²) in [4.78, 5) is 14.5. The minimum Gasteiger partial charge on any atom is -0.390 e. The van der Waals surface area contributed by atoms with Crippen molar-refractivity contribution in [2.75, 3.05) is 26.2 Å². The molecule has 22 heavy (non-hydrogen) atoms. The molecule has 1 spiro atoms. The lowest BCUT2D eigenvalue weighted by atomic mass is 9.86. The number of piperidine rings is 1. The van der Waals surface area contributed by atoms with E-state index in [1.54, 1.807) is 0 Å². The third kappa shape index (κ3) is 2.89. The maximum absolute atomic E-state index is 12.7. The van der Waals surface area contributed by atoms with Gasteiger partial charge >= 0.3 is 0 Å². The van der Waals surface area contributed by atoms with Gasteiger partial charge in [-0.2, -0.15) is 0 Å². The van der Waals surface area contributed by atoms with Crippen LogP contribution in [0.4, 0.5) is 0 Å². The van der Waals surface area contributed by atoms with Crippen molar-refractivity contribution < 1.29 is 14.6 Å². The van der Waals surface area contributed by atoms with Crippen LogP contribution in [-0.2, 0) is 11.2 Å². The molecule has 0 aliphatic carbocycles. The highest BCUT2D eigenvalue weighted by atomic mass is 16.5. The Morgan fingerprint density at radius 1 is 1.41 bits per heavy atom. The highest BCUT2D eigenvalue weighted by Crippen LogP contribution is 2.35. The first-order valence-electron chi connectivity index (χ1n) is 8.05. The zero-order valence-corrected chi connectivity index (χ0v) is 12.8. The average molecular weight is 304 g/mol. The van der Waals surface area contributed by atoms with E-state index in [0.29, 0.717) is 38.2 Å². The van der Waals surface area contributed by atoms with Gasteiger partial charge in [0.15, 0.2) is 0 Å². The first-order valence-corrected chi connectivity index (χ1v) is 8.05. The first-order chi connectivity index (χ1) is 10.6. The Kier molecular flexibility index (Phi) is 4.47. The molecule has 1 aromatic rings. The van der Waals surface area contributed by atoms with Gasteiger partial charge in [0.1, 0.15) is 5.60 Å². The summed E-state index contributed by atoms with van der Waals surface area (Å²) in [7, 11) is 0. The van der Waals surface area contributed by atoms with Crippen molar-refractivity contribution in [2.45, 2.75) is 37.4 Å². The van der Waals surface area contributed by atoms with Crippen molar-refractivity contribution in [3.8, 4) is 0 Å². The van der Waals surface area contributed by atoms with E-state index in [1.165, 1.54) is 0 Å². The van der Waals surface area contributed by atoms with E-state index in [9.17, 15) is 9.90 Å². The molecule has 120 valence electrons. The molecule has 2 heterocycles. The number of likely N-dealkylation sites (tertiary alicyclic amines) is 1. The van der Waals surface area contributed by atoms with Crippen LogP contribution < -0.4 is 5.73 Å². The monoisotopic (exact) mass is 304 g/mol. The van der Waals surface area contributed by atoms with E-state index < -0.39 is 11.7 Å². The summed E-state index contributed by atoms with van der Waals surface area (Å²) in [6.45, 7) is 2.34. The van der Waals surface area contributed by atoms with Crippen molar-refractivity contribution in [3.05, 3.63) is 35.4 Å². The van der Waals surface area contributed by atoms with Gasteiger partial charge in [0.2, 0.25) is 0 Å². The number of aliphatic hydroxyl groups excluding tert-OH is 1. The zero-order chi connectivity index (χ0) is 15.6. The van der Waals surface area contributed by atoms with E-state index >= 15 is 0 Å². The zero-order valence-electron chi connectivity index (χ0n) is 12.8. The molecule has 0 radical (unpaired) electrons. The molecule has 2 atom stereocenters. The largest absolute Gasteiger partial charge is 0.390 e. The van der Waals surface area contributed by atoms with Gasteiger partial charge in [-0.25, -0.2) is 0 Å². The topological polar surface area (TPSA) is 75.8 Å². The summed E-state index contributed by atoms with van der Waals surface area (Å²) >= 11 is 0. The molecule has 1 amide bonds. The lowest BCUT2D eigenvalue weighted by Gasteiger charge is -2.43. The Labute approximate surface area is 131 Å². The summed E-state index contributed by atoms with van der Waals surface area (Å²) in [6.07, 6.45) is 2.71. The maximum Gasteiger partial charge on any atom is 0.253 e. The van der Waals surface area contributed by atoms with Crippen LogP contribution in [0.2, 0.25) is 0 Å². The molecular weight excluding hydrogens is 280 g/mol. The van der Waals surface area contributed by atoms with Crippen LogP contribution in [0.3, 0.4) is 0 Å². The standard InChI is InChI=1S/C17H24N2O3/c18-9-6-13-2-4-14(5-3-13)16(21)19-10-7-15(20)17(12-19)8-1-11-22-17/h2-5,15,20H,1,6-12,18H2/t15-,17-/m0/s1. The highest BCUT2D eigenvalue weighted by molar-refractivity contribution is 5.94. The van der Waals surface area contributed by atoms with Crippen LogP contribution in [0.15, 0.2) is 24.3 Å². The maximum atomic E-state index is 12.7. The van der Waals surface area contributed by atoms with Crippen LogP contribution in [0.25, 0.3) is 0 Å². The summed E-state index contributed by atoms with van der Waals surface area (Å²) in [5.74, 6) is 0.0149. The molecule has 2 aliphatic heterocycles. The van der Waals surface area contributed by atoms with E-state index in [4.69, 9.17) is 10.5 Å². The summed E-state index contributed by atoms with van der Waals surface area (Å²) in [5.41, 5.74) is 6.82. The molecule has 5 nitrogen and oxygen atoms in total. The number of hydrogen-bond donors (Lipinski definition) is 2. The van der Waals surface area contributed by atoms with Crippen molar-refractivity contribution in [2.24, 2.45) is 5.73 Å². The average Bonchev–Trinajstić information content (AvgIpc) is 3.00. The Morgan fingerprint density at radius 2 is 2.18 bits per heavy atom. The quantitative estimate of drug-likeness (QED) is 0.871. The number of aliphatic hydroxyl groups is 1. The number of carbonyl (C=O) groups excluding carboxylic acids is 1. The Hall–Kier alpha value is -1.43. The van der Waals surface area contributed by atoms with Gasteiger partial charge in [-0.1, -0.05) is 12.1 Å². The Balaban J connectivity index is 1.71. The number of carbonyl (C=O) groups is 1. The minimum atomic E-state index is -0.548. The van der Waals surface area contributed by atoms with E-state index in [-0.39, 0.29) is 5.91 Å². The van der Waals surface area contributed by atoms with Crippen LogP contribution in [0, 0.1) is 0 Å². The molecule has 2 saturated heterocycles. The number of rotatable bonds is 3. The molecule has 0 unspecified atom stereocenters. The molecule has 0 aromatic heterocycles. The van der Waals surface area contributed by atoms with Gasteiger partial charge in [-0.15, -0.1) is 0 Å². The fourth-order valence-electron chi connectivity index (χ4n) is 3.49. The number of ether oxygens (including phenoxy) is 1. The number of nitrogens with two attached hydrogens (primary N) is 1. The third-order valence-corrected chi connectivity index (χ3v) is 4.79. The molecule has 2 fully saturated rings. The molecule has 5 heteroatoms. The van der Waals surface area contributed by atoms with Gasteiger partial charge in [0.25, 0.3) is 5.91 Å². The van der Waals surface area contributed by atoms with Crippen LogP contribution >= 0.6 is 0 Å². The normalized spacial score (nSPS) is 28.3. The van der Waals surface area contributed by atoms with Crippen molar-refractivity contribution in [3.63, 3.8) is 0 Å². The second-order valence-corrected chi connectivity index (χ2v) is 6.28. The van der Waals surface area contributed by atoms with Crippen LogP contribution in [-0.4, -0.2) is 53.9 Å². The van der Waals surface area contributed by atoms with Gasteiger partial charge in [-0.3, -0.25) is 4.79 Å². The second kappa shape index (κ2) is 6.36. The van der Waals surface area contributed by atoms with Crippen molar-refractivity contribution >= 4 is 5.91 Å². The second-order valence-electron chi connectivity index (χ2n) is 6.28.